The van der Waals surface area contributed by atoms with Crippen LogP contribution in [-0.2, 0) is 0 Å². The Morgan fingerprint density at radius 2 is 2.20 bits per heavy atom. The number of aliphatic hydroxyl groups excluding tert-OH is 1. The smallest absolute Gasteiger partial charge is 0.270 e. The molecule has 1 aromatic heterocycles. The molecule has 1 amide bonds. The average molecular weight is 279 g/mol. The summed E-state index contributed by atoms with van der Waals surface area (Å²) < 4.78 is 1.99. The molecule has 2 heterocycles. The second-order valence-corrected chi connectivity index (χ2v) is 6.16. The van der Waals surface area contributed by atoms with Crippen LogP contribution in [0.2, 0.25) is 0 Å². The van der Waals surface area contributed by atoms with Crippen molar-refractivity contribution in [3.63, 3.8) is 0 Å². The third kappa shape index (κ3) is 3.04. The van der Waals surface area contributed by atoms with Gasteiger partial charge in [-0.05, 0) is 46.5 Å². The summed E-state index contributed by atoms with van der Waals surface area (Å²) in [6, 6.07) is 4.10. The lowest BCUT2D eigenvalue weighted by Crippen LogP contribution is -2.42. The van der Waals surface area contributed by atoms with Crippen molar-refractivity contribution in [3.8, 4) is 0 Å². The van der Waals surface area contributed by atoms with Crippen LogP contribution in [0.25, 0.3) is 0 Å². The summed E-state index contributed by atoms with van der Waals surface area (Å²) in [5.41, 5.74) is 0.706. The van der Waals surface area contributed by atoms with E-state index in [0.29, 0.717) is 18.7 Å². The van der Waals surface area contributed by atoms with Gasteiger partial charge in [0.05, 0.1) is 6.10 Å². The number of nitrogens with zero attached hydrogens (tertiary/aromatic N) is 3. The Hall–Kier alpha value is -1.33. The molecule has 1 aliphatic heterocycles. The van der Waals surface area contributed by atoms with E-state index in [2.05, 4.69) is 18.7 Å². The van der Waals surface area contributed by atoms with Crippen molar-refractivity contribution in [2.45, 2.75) is 38.5 Å². The van der Waals surface area contributed by atoms with Gasteiger partial charge in [0.15, 0.2) is 0 Å². The van der Waals surface area contributed by atoms with E-state index in [4.69, 9.17) is 0 Å². The molecule has 1 N–H and O–H groups in total. The van der Waals surface area contributed by atoms with E-state index < -0.39 is 6.10 Å². The maximum Gasteiger partial charge on any atom is 0.270 e. The number of aliphatic hydroxyl groups is 1. The first-order valence-corrected chi connectivity index (χ1v) is 7.20. The topological polar surface area (TPSA) is 48.7 Å². The molecule has 1 aliphatic rings. The number of likely N-dealkylation sites (tertiary alicyclic amines) is 1. The normalized spacial score (nSPS) is 23.1. The molecular formula is C15H25N3O2. The molecule has 20 heavy (non-hydrogen) atoms. The minimum atomic E-state index is -0.411. The van der Waals surface area contributed by atoms with Gasteiger partial charge in [-0.1, -0.05) is 0 Å². The standard InChI is InChI=1S/C15H25N3O2/c1-11(2)17-7-5-6-14(17)15(20)18-10-13(19)8-12(18)9-16(3)4/h5-7,11-13,19H,8-10H2,1-4H3. The van der Waals surface area contributed by atoms with Gasteiger partial charge in [0.2, 0.25) is 0 Å². The van der Waals surface area contributed by atoms with Gasteiger partial charge in [0.25, 0.3) is 5.91 Å². The lowest BCUT2D eigenvalue weighted by atomic mass is 10.2. The van der Waals surface area contributed by atoms with Crippen LogP contribution in [0.1, 0.15) is 36.8 Å². The van der Waals surface area contributed by atoms with E-state index in [1.807, 2.05) is 41.9 Å². The lowest BCUT2D eigenvalue weighted by Gasteiger charge is -2.27. The number of rotatable bonds is 4. The third-order valence-corrected chi connectivity index (χ3v) is 3.78. The van der Waals surface area contributed by atoms with Crippen molar-refractivity contribution in [1.82, 2.24) is 14.4 Å². The Bertz CT molecular complexity index is 467. The first-order chi connectivity index (χ1) is 9.40. The minimum absolute atomic E-state index is 0.0205. The van der Waals surface area contributed by atoms with E-state index in [0.717, 1.165) is 6.54 Å². The maximum absolute atomic E-state index is 12.7. The first kappa shape index (κ1) is 15.1. The number of hydrogen-bond donors (Lipinski definition) is 1. The number of carbonyl (C=O) groups excluding carboxylic acids is 1. The van der Waals surface area contributed by atoms with Crippen LogP contribution in [0, 0.1) is 0 Å². The summed E-state index contributed by atoms with van der Waals surface area (Å²) in [4.78, 5) is 16.6. The Balaban J connectivity index is 2.20. The van der Waals surface area contributed by atoms with Crippen LogP contribution in [-0.4, -0.2) is 64.7 Å². The third-order valence-electron chi connectivity index (χ3n) is 3.78. The van der Waals surface area contributed by atoms with Gasteiger partial charge < -0.3 is 19.5 Å². The van der Waals surface area contributed by atoms with Crippen molar-refractivity contribution < 1.29 is 9.90 Å². The number of carbonyl (C=O) groups is 1. The molecular weight excluding hydrogens is 254 g/mol. The summed E-state index contributed by atoms with van der Waals surface area (Å²) in [7, 11) is 3.98. The summed E-state index contributed by atoms with van der Waals surface area (Å²) in [5, 5.41) is 9.89. The van der Waals surface area contributed by atoms with Crippen LogP contribution in [0.15, 0.2) is 18.3 Å². The lowest BCUT2D eigenvalue weighted by molar-refractivity contribution is 0.0686. The molecule has 1 saturated heterocycles. The van der Waals surface area contributed by atoms with Gasteiger partial charge in [0, 0.05) is 31.4 Å². The van der Waals surface area contributed by atoms with E-state index in [-0.39, 0.29) is 18.0 Å². The van der Waals surface area contributed by atoms with Crippen LogP contribution in [0.3, 0.4) is 0 Å². The highest BCUT2D eigenvalue weighted by molar-refractivity contribution is 5.93. The van der Waals surface area contributed by atoms with Crippen LogP contribution < -0.4 is 0 Å². The van der Waals surface area contributed by atoms with Crippen molar-refractivity contribution in [3.05, 3.63) is 24.0 Å². The Labute approximate surface area is 120 Å². The zero-order valence-corrected chi connectivity index (χ0v) is 12.8. The van der Waals surface area contributed by atoms with Gasteiger partial charge in [0.1, 0.15) is 5.69 Å². The number of hydrogen-bond acceptors (Lipinski definition) is 3. The monoisotopic (exact) mass is 279 g/mol. The average Bonchev–Trinajstić information content (AvgIpc) is 2.94. The zero-order valence-electron chi connectivity index (χ0n) is 12.8. The molecule has 0 spiro atoms. The molecule has 2 rings (SSSR count). The van der Waals surface area contributed by atoms with Crippen molar-refractivity contribution >= 4 is 5.91 Å². The largest absolute Gasteiger partial charge is 0.391 e. The molecule has 2 unspecified atom stereocenters. The summed E-state index contributed by atoms with van der Waals surface area (Å²) in [6.45, 7) is 5.34. The molecule has 112 valence electrons. The second-order valence-electron chi connectivity index (χ2n) is 6.16. The van der Waals surface area contributed by atoms with Crippen LogP contribution in [0.5, 0.6) is 0 Å². The Kier molecular flexibility index (Phi) is 4.50. The van der Waals surface area contributed by atoms with Gasteiger partial charge in [-0.15, -0.1) is 0 Å². The predicted octanol–water partition coefficient (Wildman–Crippen LogP) is 1.21. The number of likely N-dealkylation sites (N-methyl/N-ethyl adjacent to an activating group) is 1. The van der Waals surface area contributed by atoms with Crippen molar-refractivity contribution in [2.75, 3.05) is 27.2 Å². The number of amides is 1. The SMILES string of the molecule is CC(C)n1cccc1C(=O)N1CC(O)CC1CN(C)C. The van der Waals surface area contributed by atoms with Crippen LogP contribution in [0.4, 0.5) is 0 Å². The highest BCUT2D eigenvalue weighted by Gasteiger charge is 2.35. The fourth-order valence-corrected chi connectivity index (χ4v) is 2.91. The van der Waals surface area contributed by atoms with E-state index in [1.165, 1.54) is 0 Å². The molecule has 0 radical (unpaired) electrons. The molecule has 2 atom stereocenters. The zero-order chi connectivity index (χ0) is 14.9. The molecule has 1 fully saturated rings. The fourth-order valence-electron chi connectivity index (χ4n) is 2.91. The minimum Gasteiger partial charge on any atom is -0.391 e. The number of aromatic nitrogens is 1. The van der Waals surface area contributed by atoms with Gasteiger partial charge in [-0.25, -0.2) is 0 Å². The fraction of sp³-hybridized carbons (Fsp3) is 0.667. The van der Waals surface area contributed by atoms with E-state index in [1.54, 1.807) is 0 Å². The van der Waals surface area contributed by atoms with Crippen molar-refractivity contribution in [2.24, 2.45) is 0 Å². The van der Waals surface area contributed by atoms with Crippen LogP contribution >= 0.6 is 0 Å². The predicted molar refractivity (Wildman–Crippen MR) is 78.8 cm³/mol. The molecule has 5 nitrogen and oxygen atoms in total. The van der Waals surface area contributed by atoms with E-state index >= 15 is 0 Å². The molecule has 0 bridgehead atoms. The molecule has 0 saturated carbocycles. The van der Waals surface area contributed by atoms with E-state index in [9.17, 15) is 9.90 Å². The van der Waals surface area contributed by atoms with Gasteiger partial charge in [-0.3, -0.25) is 4.79 Å². The number of β-amino-alcohol motifs (C(OH)–C–C–N with tert-alkyl or cyclic N) is 1. The van der Waals surface area contributed by atoms with Gasteiger partial charge in [-0.2, -0.15) is 0 Å². The first-order valence-electron chi connectivity index (χ1n) is 7.20. The van der Waals surface area contributed by atoms with Gasteiger partial charge >= 0.3 is 0 Å². The Morgan fingerprint density at radius 3 is 2.80 bits per heavy atom. The highest BCUT2D eigenvalue weighted by Crippen LogP contribution is 2.22. The highest BCUT2D eigenvalue weighted by atomic mass is 16.3. The summed E-state index contributed by atoms with van der Waals surface area (Å²) in [5.74, 6) is 0.0205. The summed E-state index contributed by atoms with van der Waals surface area (Å²) in [6.07, 6.45) is 2.18. The Morgan fingerprint density at radius 1 is 1.50 bits per heavy atom. The molecule has 1 aromatic rings. The summed E-state index contributed by atoms with van der Waals surface area (Å²) >= 11 is 0. The molecule has 0 aromatic carbocycles. The second kappa shape index (κ2) is 5.97. The molecule has 5 heteroatoms. The molecule has 0 aliphatic carbocycles. The quantitative estimate of drug-likeness (QED) is 0.901. The maximum atomic E-state index is 12.7. The van der Waals surface area contributed by atoms with Crippen molar-refractivity contribution in [1.29, 1.82) is 0 Å².